The fourth-order valence-corrected chi connectivity index (χ4v) is 3.36. The molecule has 11 N–H and O–H groups in total. The lowest BCUT2D eigenvalue weighted by Gasteiger charge is -2.27. The van der Waals surface area contributed by atoms with Crippen LogP contribution < -0.4 is 33.2 Å². The van der Waals surface area contributed by atoms with Crippen LogP contribution in [0.4, 0.5) is 0 Å². The molecular formula is C24H39N7O6. The van der Waals surface area contributed by atoms with Gasteiger partial charge in [-0.2, -0.15) is 0 Å². The van der Waals surface area contributed by atoms with E-state index in [-0.39, 0.29) is 25.3 Å². The van der Waals surface area contributed by atoms with Crippen molar-refractivity contribution < 1.29 is 29.4 Å². The van der Waals surface area contributed by atoms with Crippen LogP contribution in [0.5, 0.6) is 0 Å². The first kappa shape index (κ1) is 31.3. The van der Waals surface area contributed by atoms with E-state index in [2.05, 4.69) is 20.9 Å². The summed E-state index contributed by atoms with van der Waals surface area (Å²) in [5.41, 5.74) is 17.0. The maximum atomic E-state index is 13.2. The first-order valence-corrected chi connectivity index (χ1v) is 12.0. The smallest absolute Gasteiger partial charge is 0.326 e. The van der Waals surface area contributed by atoms with Gasteiger partial charge in [-0.15, -0.1) is 0 Å². The van der Waals surface area contributed by atoms with E-state index in [1.807, 2.05) is 0 Å². The number of carboxylic acids is 1. The molecule has 0 aliphatic rings. The lowest BCUT2D eigenvalue weighted by Crippen LogP contribution is -2.59. The van der Waals surface area contributed by atoms with E-state index >= 15 is 0 Å². The summed E-state index contributed by atoms with van der Waals surface area (Å²) in [6.07, 6.45) is -0.669. The van der Waals surface area contributed by atoms with Crippen molar-refractivity contribution in [1.82, 2.24) is 16.0 Å². The molecule has 1 aromatic carbocycles. The molecular weight excluding hydrogens is 482 g/mol. The first-order chi connectivity index (χ1) is 17.3. The Labute approximate surface area is 216 Å². The molecule has 0 radical (unpaired) electrons. The molecule has 5 atom stereocenters. The fourth-order valence-electron chi connectivity index (χ4n) is 3.36. The first-order valence-electron chi connectivity index (χ1n) is 12.0. The average Bonchev–Trinajstić information content (AvgIpc) is 2.83. The third-order valence-corrected chi connectivity index (χ3v) is 5.54. The molecule has 0 saturated heterocycles. The van der Waals surface area contributed by atoms with Gasteiger partial charge in [0.05, 0.1) is 6.10 Å². The van der Waals surface area contributed by atoms with E-state index in [0.717, 1.165) is 5.56 Å². The minimum Gasteiger partial charge on any atom is -0.480 e. The number of nitrogens with two attached hydrogens (primary N) is 3. The number of carbonyl (C=O) groups is 4. The van der Waals surface area contributed by atoms with E-state index in [0.29, 0.717) is 6.42 Å². The van der Waals surface area contributed by atoms with Crippen molar-refractivity contribution in [2.24, 2.45) is 28.1 Å². The van der Waals surface area contributed by atoms with Gasteiger partial charge in [0.15, 0.2) is 5.96 Å². The molecule has 206 valence electrons. The molecule has 0 spiro atoms. The highest BCUT2D eigenvalue weighted by Crippen LogP contribution is 2.09. The van der Waals surface area contributed by atoms with Crippen molar-refractivity contribution in [2.45, 2.75) is 70.3 Å². The molecule has 13 heteroatoms. The lowest BCUT2D eigenvalue weighted by atomic mass is 10.00. The minimum atomic E-state index is -1.26. The van der Waals surface area contributed by atoms with E-state index in [1.165, 1.54) is 6.92 Å². The summed E-state index contributed by atoms with van der Waals surface area (Å²) in [4.78, 5) is 54.1. The van der Waals surface area contributed by atoms with Crippen LogP contribution in [0.1, 0.15) is 39.2 Å². The zero-order chi connectivity index (χ0) is 28.1. The number of hydrogen-bond donors (Lipinski definition) is 8. The number of aliphatic hydroxyl groups excluding tert-OH is 1. The maximum absolute atomic E-state index is 13.2. The van der Waals surface area contributed by atoms with Crippen LogP contribution in [0, 0.1) is 5.92 Å². The monoisotopic (exact) mass is 521 g/mol. The van der Waals surface area contributed by atoms with Gasteiger partial charge in [-0.05, 0) is 31.2 Å². The van der Waals surface area contributed by atoms with Crippen molar-refractivity contribution in [3.8, 4) is 0 Å². The fraction of sp³-hybridized carbons (Fsp3) is 0.542. The number of rotatable bonds is 15. The highest BCUT2D eigenvalue weighted by molar-refractivity contribution is 5.94. The van der Waals surface area contributed by atoms with Crippen LogP contribution in [-0.2, 0) is 25.6 Å². The normalized spacial score (nSPS) is 15.0. The summed E-state index contributed by atoms with van der Waals surface area (Å²) < 4.78 is 0. The predicted molar refractivity (Wildman–Crippen MR) is 138 cm³/mol. The lowest BCUT2D eigenvalue weighted by molar-refractivity contribution is -0.142. The number of hydrogen-bond acceptors (Lipinski definition) is 7. The molecule has 0 aromatic heterocycles. The number of nitrogens with zero attached hydrogens (tertiary/aromatic N) is 1. The summed E-state index contributed by atoms with van der Waals surface area (Å²) >= 11 is 0. The average molecular weight is 522 g/mol. The molecule has 0 saturated carbocycles. The number of amides is 3. The second kappa shape index (κ2) is 15.4. The standard InChI is InChI=1S/C24H39N7O6/c1-13(2)19(22(35)29-16(23(36)37)10-7-11-28-24(26)27)31-20(33)17(12-15-8-5-4-6-9-15)30-21(34)18(25)14(3)32/h4-6,8-9,13-14,16-19,32H,7,10-12,25H2,1-3H3,(H,29,35)(H,30,34)(H,31,33)(H,36,37)(H4,26,27,28). The van der Waals surface area contributed by atoms with Gasteiger partial charge in [-0.3, -0.25) is 19.4 Å². The predicted octanol–water partition coefficient (Wildman–Crippen LogP) is -1.81. The third kappa shape index (κ3) is 11.3. The maximum Gasteiger partial charge on any atom is 0.326 e. The Bertz CT molecular complexity index is 935. The van der Waals surface area contributed by atoms with E-state index < -0.39 is 59.9 Å². The molecule has 0 fully saturated rings. The number of carboxylic acid groups (broad SMARTS) is 1. The summed E-state index contributed by atoms with van der Waals surface area (Å²) in [7, 11) is 0. The molecule has 13 nitrogen and oxygen atoms in total. The largest absolute Gasteiger partial charge is 0.480 e. The number of benzene rings is 1. The number of nitrogens with one attached hydrogen (secondary N) is 3. The zero-order valence-electron chi connectivity index (χ0n) is 21.4. The van der Waals surface area contributed by atoms with E-state index in [1.54, 1.807) is 44.2 Å². The number of aliphatic hydroxyl groups is 1. The van der Waals surface area contributed by atoms with Gasteiger partial charge in [-0.1, -0.05) is 44.2 Å². The quantitative estimate of drug-likeness (QED) is 0.0736. The van der Waals surface area contributed by atoms with Gasteiger partial charge in [0.1, 0.15) is 24.2 Å². The highest BCUT2D eigenvalue weighted by atomic mass is 16.4. The van der Waals surface area contributed by atoms with Crippen LogP contribution in [0.3, 0.4) is 0 Å². The number of guanidine groups is 1. The van der Waals surface area contributed by atoms with Gasteiger partial charge >= 0.3 is 5.97 Å². The van der Waals surface area contributed by atoms with Crippen molar-refractivity contribution in [3.63, 3.8) is 0 Å². The van der Waals surface area contributed by atoms with Crippen molar-refractivity contribution in [2.75, 3.05) is 6.54 Å². The Hall–Kier alpha value is -3.71. The zero-order valence-corrected chi connectivity index (χ0v) is 21.4. The topological polar surface area (TPSA) is 235 Å². The third-order valence-electron chi connectivity index (χ3n) is 5.54. The van der Waals surface area contributed by atoms with Gasteiger partial charge in [-0.25, -0.2) is 4.79 Å². The van der Waals surface area contributed by atoms with E-state index in [9.17, 15) is 29.4 Å². The summed E-state index contributed by atoms with van der Waals surface area (Å²) in [6.45, 7) is 4.92. The van der Waals surface area contributed by atoms with Crippen molar-refractivity contribution in [3.05, 3.63) is 35.9 Å². The minimum absolute atomic E-state index is 0.0700. The van der Waals surface area contributed by atoms with Gasteiger partial charge in [0, 0.05) is 13.0 Å². The van der Waals surface area contributed by atoms with Gasteiger partial charge < -0.3 is 43.4 Å². The molecule has 0 aliphatic carbocycles. The van der Waals surface area contributed by atoms with Crippen LogP contribution in [-0.4, -0.2) is 76.7 Å². The molecule has 5 unspecified atom stereocenters. The van der Waals surface area contributed by atoms with Crippen LogP contribution in [0.25, 0.3) is 0 Å². The Morgan fingerprint density at radius 1 is 0.919 bits per heavy atom. The summed E-state index contributed by atoms with van der Waals surface area (Å²) in [5, 5.41) is 26.8. The molecule has 3 amide bonds. The number of aliphatic carboxylic acids is 1. The molecule has 0 heterocycles. The second-order valence-electron chi connectivity index (χ2n) is 9.10. The van der Waals surface area contributed by atoms with Crippen molar-refractivity contribution >= 4 is 29.7 Å². The van der Waals surface area contributed by atoms with Crippen molar-refractivity contribution in [1.29, 1.82) is 0 Å². The molecule has 37 heavy (non-hydrogen) atoms. The Balaban J connectivity index is 3.01. The second-order valence-corrected chi connectivity index (χ2v) is 9.10. The highest BCUT2D eigenvalue weighted by Gasteiger charge is 2.32. The molecule has 1 rings (SSSR count). The number of carbonyl (C=O) groups excluding carboxylic acids is 3. The van der Waals surface area contributed by atoms with E-state index in [4.69, 9.17) is 17.2 Å². The Morgan fingerprint density at radius 3 is 2.03 bits per heavy atom. The molecule has 0 bridgehead atoms. The van der Waals surface area contributed by atoms with Crippen LogP contribution in [0.15, 0.2) is 35.3 Å². The molecule has 0 aliphatic heterocycles. The summed E-state index contributed by atoms with van der Waals surface area (Å²) in [5.74, 6) is -3.86. The van der Waals surface area contributed by atoms with Crippen LogP contribution in [0.2, 0.25) is 0 Å². The number of aliphatic imine (C=N–C) groups is 1. The molecule has 1 aromatic rings. The Morgan fingerprint density at radius 2 is 1.51 bits per heavy atom. The summed E-state index contributed by atoms with van der Waals surface area (Å²) in [6, 6.07) is 4.22. The van der Waals surface area contributed by atoms with Gasteiger partial charge in [0.2, 0.25) is 17.7 Å². The van der Waals surface area contributed by atoms with Crippen LogP contribution >= 0.6 is 0 Å². The SMILES string of the molecule is CC(C)C(NC(=O)C(Cc1ccccc1)NC(=O)C(N)C(C)O)C(=O)NC(CCCN=C(N)N)C(=O)O. The Kier molecular flexibility index (Phi) is 13.0. The van der Waals surface area contributed by atoms with Gasteiger partial charge in [0.25, 0.3) is 0 Å².